The molecule has 1 saturated heterocycles. The predicted molar refractivity (Wildman–Crippen MR) is 140 cm³/mol. The van der Waals surface area contributed by atoms with Crippen LogP contribution in [0.25, 0.3) is 5.00 Å². The average Bonchev–Trinajstić information content (AvgIpc) is 3.68. The number of aliphatic imine (C=N–C) groups is 1. The molecule has 36 heavy (non-hydrogen) atoms. The van der Waals surface area contributed by atoms with Gasteiger partial charge in [-0.1, -0.05) is 42.6 Å². The van der Waals surface area contributed by atoms with Crippen LogP contribution in [-0.4, -0.2) is 57.6 Å². The van der Waals surface area contributed by atoms with Gasteiger partial charge in [-0.15, -0.1) is 21.5 Å². The molecule has 2 aromatic heterocycles. The number of halogens is 1. The number of thiophene rings is 1. The first-order valence-electron chi connectivity index (χ1n) is 12.9. The van der Waals surface area contributed by atoms with Crippen LogP contribution in [0, 0.1) is 5.92 Å². The van der Waals surface area contributed by atoms with Gasteiger partial charge in [-0.2, -0.15) is 0 Å². The van der Waals surface area contributed by atoms with E-state index in [0.717, 1.165) is 59.2 Å². The van der Waals surface area contributed by atoms with Crippen molar-refractivity contribution in [3.63, 3.8) is 0 Å². The first-order valence-corrected chi connectivity index (χ1v) is 14.1. The van der Waals surface area contributed by atoms with Crippen molar-refractivity contribution >= 4 is 34.6 Å². The summed E-state index contributed by atoms with van der Waals surface area (Å²) < 4.78 is 7.76. The SMILES string of the molecule is O=C([C@H]1Cc2sc3c(c2C1)C(c1ccccc1Cl)=NCc1nnc(C2CCCC2)n1-3)N1CCOCC1. The van der Waals surface area contributed by atoms with Crippen molar-refractivity contribution in [2.45, 2.75) is 51.0 Å². The number of carbonyl (C=O) groups is 1. The van der Waals surface area contributed by atoms with Crippen molar-refractivity contribution in [1.29, 1.82) is 0 Å². The third-order valence-electron chi connectivity index (χ3n) is 8.05. The first-order chi connectivity index (χ1) is 17.7. The van der Waals surface area contributed by atoms with Gasteiger partial charge < -0.3 is 9.64 Å². The minimum Gasteiger partial charge on any atom is -0.378 e. The van der Waals surface area contributed by atoms with E-state index in [1.807, 2.05) is 29.2 Å². The fraction of sp³-hybridized carbons (Fsp3) is 0.481. The Bertz CT molecular complexity index is 1370. The Balaban J connectivity index is 1.34. The number of ether oxygens (including phenoxy) is 1. The predicted octanol–water partition coefficient (Wildman–Crippen LogP) is 4.56. The number of aromatic nitrogens is 3. The van der Waals surface area contributed by atoms with Crippen LogP contribution >= 0.6 is 22.9 Å². The van der Waals surface area contributed by atoms with Crippen molar-refractivity contribution in [2.75, 3.05) is 26.3 Å². The van der Waals surface area contributed by atoms with Gasteiger partial charge in [0, 0.05) is 46.0 Å². The maximum absolute atomic E-state index is 13.4. The molecule has 0 bridgehead atoms. The van der Waals surface area contributed by atoms with Gasteiger partial charge in [-0.05, 0) is 37.3 Å². The van der Waals surface area contributed by atoms with Gasteiger partial charge >= 0.3 is 0 Å². The number of hydrogen-bond donors (Lipinski definition) is 0. The summed E-state index contributed by atoms with van der Waals surface area (Å²) in [4.78, 5) is 21.7. The number of rotatable bonds is 3. The second-order valence-electron chi connectivity index (χ2n) is 10.2. The van der Waals surface area contributed by atoms with Crippen molar-refractivity contribution in [3.05, 3.63) is 62.5 Å². The number of fused-ring (bicyclic) bond motifs is 5. The summed E-state index contributed by atoms with van der Waals surface area (Å²) in [6.45, 7) is 3.08. The van der Waals surface area contributed by atoms with Crippen molar-refractivity contribution in [3.8, 4) is 5.00 Å². The molecule has 4 heterocycles. The molecule has 1 amide bonds. The molecule has 2 fully saturated rings. The van der Waals surface area contributed by atoms with Crippen molar-refractivity contribution < 1.29 is 9.53 Å². The van der Waals surface area contributed by atoms with E-state index in [0.29, 0.717) is 43.8 Å². The molecule has 4 aliphatic rings. The molecule has 0 spiro atoms. The fourth-order valence-corrected chi connectivity index (χ4v) is 7.91. The third kappa shape index (κ3) is 3.64. The monoisotopic (exact) mass is 521 g/mol. The lowest BCUT2D eigenvalue weighted by Gasteiger charge is -2.29. The zero-order valence-electron chi connectivity index (χ0n) is 20.1. The molecule has 2 aliphatic carbocycles. The normalized spacial score (nSPS) is 21.6. The Morgan fingerprint density at radius 3 is 2.69 bits per heavy atom. The summed E-state index contributed by atoms with van der Waals surface area (Å²) in [7, 11) is 0. The van der Waals surface area contributed by atoms with Gasteiger partial charge in [-0.25, -0.2) is 0 Å². The smallest absolute Gasteiger partial charge is 0.226 e. The summed E-state index contributed by atoms with van der Waals surface area (Å²) in [6, 6.07) is 7.93. The number of benzene rings is 1. The highest BCUT2D eigenvalue weighted by Gasteiger charge is 2.39. The summed E-state index contributed by atoms with van der Waals surface area (Å²) in [5.41, 5.74) is 4.22. The molecule has 3 aromatic rings. The minimum atomic E-state index is -0.0277. The van der Waals surface area contributed by atoms with Crippen LogP contribution in [0.5, 0.6) is 0 Å². The van der Waals surface area contributed by atoms with Gasteiger partial charge in [-0.3, -0.25) is 14.4 Å². The van der Waals surface area contributed by atoms with E-state index >= 15 is 0 Å². The van der Waals surface area contributed by atoms with E-state index < -0.39 is 0 Å². The molecule has 7 rings (SSSR count). The zero-order valence-corrected chi connectivity index (χ0v) is 21.7. The molecule has 0 N–H and O–H groups in total. The highest BCUT2D eigenvalue weighted by molar-refractivity contribution is 7.15. The number of amides is 1. The van der Waals surface area contributed by atoms with E-state index in [1.165, 1.54) is 23.3 Å². The second kappa shape index (κ2) is 9.08. The van der Waals surface area contributed by atoms with Gasteiger partial charge in [0.05, 0.1) is 18.9 Å². The van der Waals surface area contributed by atoms with Crippen LogP contribution in [0.1, 0.15) is 64.8 Å². The van der Waals surface area contributed by atoms with E-state index in [1.54, 1.807) is 11.3 Å². The van der Waals surface area contributed by atoms with Gasteiger partial charge in [0.1, 0.15) is 17.4 Å². The molecule has 1 saturated carbocycles. The van der Waals surface area contributed by atoms with Crippen LogP contribution in [0.3, 0.4) is 0 Å². The molecule has 1 aromatic carbocycles. The van der Waals surface area contributed by atoms with Crippen molar-refractivity contribution in [1.82, 2.24) is 19.7 Å². The molecule has 1 atom stereocenters. The third-order valence-corrected chi connectivity index (χ3v) is 9.62. The molecule has 0 unspecified atom stereocenters. The molecular formula is C27H28ClN5O2S. The van der Waals surface area contributed by atoms with Gasteiger partial charge in [0.25, 0.3) is 0 Å². The summed E-state index contributed by atoms with van der Waals surface area (Å²) in [6.07, 6.45) is 6.31. The lowest BCUT2D eigenvalue weighted by atomic mass is 9.97. The molecular weight excluding hydrogens is 494 g/mol. The number of hydrogen-bond acceptors (Lipinski definition) is 6. The van der Waals surface area contributed by atoms with Crippen LogP contribution in [-0.2, 0) is 28.9 Å². The lowest BCUT2D eigenvalue weighted by Crippen LogP contribution is -2.44. The number of nitrogens with zero attached hydrogens (tertiary/aromatic N) is 5. The van der Waals surface area contributed by atoms with Crippen molar-refractivity contribution in [2.24, 2.45) is 10.9 Å². The Labute approximate surface area is 219 Å². The van der Waals surface area contributed by atoms with E-state index in [2.05, 4.69) is 14.8 Å². The molecule has 9 heteroatoms. The summed E-state index contributed by atoms with van der Waals surface area (Å²) in [5.74, 6) is 2.62. The first kappa shape index (κ1) is 22.6. The highest BCUT2D eigenvalue weighted by atomic mass is 35.5. The Morgan fingerprint density at radius 2 is 1.89 bits per heavy atom. The largest absolute Gasteiger partial charge is 0.378 e. The van der Waals surface area contributed by atoms with E-state index in [9.17, 15) is 4.79 Å². The standard InChI is InChI=1S/C27H28ClN5O2S/c28-20-8-4-3-7-18(20)24-23-19-13-17(26(34)32-9-11-35-12-10-32)14-21(19)36-27(23)33-22(15-29-24)30-31-25(33)16-5-1-2-6-16/h3-4,7-8,16-17H,1-2,5-6,9-15H2/t17-/m1/s1. The quantitative estimate of drug-likeness (QED) is 0.506. The van der Waals surface area contributed by atoms with E-state index in [4.69, 9.17) is 21.3 Å². The zero-order chi connectivity index (χ0) is 24.2. The van der Waals surface area contributed by atoms with Crippen LogP contribution < -0.4 is 0 Å². The summed E-state index contributed by atoms with van der Waals surface area (Å²) in [5, 5.41) is 11.1. The molecule has 186 valence electrons. The molecule has 2 aliphatic heterocycles. The Hall–Kier alpha value is -2.55. The van der Waals surface area contributed by atoms with Crippen LogP contribution in [0.2, 0.25) is 5.02 Å². The van der Waals surface area contributed by atoms with Crippen LogP contribution in [0.15, 0.2) is 29.3 Å². The average molecular weight is 522 g/mol. The van der Waals surface area contributed by atoms with Crippen LogP contribution in [0.4, 0.5) is 0 Å². The minimum absolute atomic E-state index is 0.0277. The molecule has 7 nitrogen and oxygen atoms in total. The lowest BCUT2D eigenvalue weighted by molar-refractivity contribution is -0.139. The second-order valence-corrected chi connectivity index (χ2v) is 11.7. The fourth-order valence-electron chi connectivity index (χ4n) is 6.24. The topological polar surface area (TPSA) is 72.6 Å². The number of morpholine rings is 1. The highest BCUT2D eigenvalue weighted by Crippen LogP contribution is 2.45. The van der Waals surface area contributed by atoms with Gasteiger partial charge in [0.2, 0.25) is 5.91 Å². The summed E-state index contributed by atoms with van der Waals surface area (Å²) >= 11 is 8.51. The Kier molecular flexibility index (Phi) is 5.71. The molecule has 0 radical (unpaired) electrons. The van der Waals surface area contributed by atoms with Gasteiger partial charge in [0.15, 0.2) is 5.82 Å². The number of carbonyl (C=O) groups excluding carboxylic acids is 1. The Morgan fingerprint density at radius 1 is 1.08 bits per heavy atom. The maximum atomic E-state index is 13.4. The van der Waals surface area contributed by atoms with E-state index in [-0.39, 0.29) is 11.8 Å². The maximum Gasteiger partial charge on any atom is 0.226 e.